The van der Waals surface area contributed by atoms with E-state index in [0.29, 0.717) is 11.6 Å². The molecule has 0 bridgehead atoms. The molecule has 0 aliphatic heterocycles. The molecule has 1 heterocycles. The summed E-state index contributed by atoms with van der Waals surface area (Å²) < 4.78 is 7.38. The first-order chi connectivity index (χ1) is 10.8. The number of benzene rings is 2. The van der Waals surface area contributed by atoms with Gasteiger partial charge in [0.15, 0.2) is 0 Å². The number of aromatic nitrogens is 3. The second kappa shape index (κ2) is 6.87. The Morgan fingerprint density at radius 3 is 2.55 bits per heavy atom. The number of rotatable bonds is 5. The fraction of sp³-hybridized carbons (Fsp3) is 0.0625. The molecule has 0 N–H and O–H groups in total. The van der Waals surface area contributed by atoms with Crippen LogP contribution >= 0.6 is 11.6 Å². The molecule has 5 nitrogen and oxygen atoms in total. The number of halogens is 1. The summed E-state index contributed by atoms with van der Waals surface area (Å²) in [6, 6.07) is 15.3. The summed E-state index contributed by atoms with van der Waals surface area (Å²) in [6.07, 6.45) is 4.75. The van der Waals surface area contributed by atoms with Crippen molar-refractivity contribution in [2.24, 2.45) is 5.10 Å². The summed E-state index contributed by atoms with van der Waals surface area (Å²) in [6.45, 7) is 0.467. The highest BCUT2D eigenvalue weighted by Crippen LogP contribution is 2.18. The van der Waals surface area contributed by atoms with E-state index >= 15 is 0 Å². The lowest BCUT2D eigenvalue weighted by Crippen LogP contribution is -1.98. The van der Waals surface area contributed by atoms with Crippen molar-refractivity contribution in [1.82, 2.24) is 14.9 Å². The van der Waals surface area contributed by atoms with Crippen LogP contribution in [0.25, 0.3) is 0 Å². The Labute approximate surface area is 132 Å². The third-order valence-corrected chi connectivity index (χ3v) is 3.22. The van der Waals surface area contributed by atoms with E-state index in [-0.39, 0.29) is 0 Å². The van der Waals surface area contributed by atoms with Crippen LogP contribution in [0.1, 0.15) is 11.1 Å². The van der Waals surface area contributed by atoms with Crippen LogP contribution in [0.3, 0.4) is 0 Å². The molecule has 0 aliphatic rings. The number of hydrogen-bond donors (Lipinski definition) is 0. The number of ether oxygens (including phenoxy) is 1. The fourth-order valence-electron chi connectivity index (χ4n) is 1.84. The van der Waals surface area contributed by atoms with Gasteiger partial charge in [-0.15, -0.1) is 10.2 Å². The number of nitrogens with zero attached hydrogens (tertiary/aromatic N) is 4. The van der Waals surface area contributed by atoms with Gasteiger partial charge in [-0.3, -0.25) is 0 Å². The minimum absolute atomic E-state index is 0.467. The third-order valence-electron chi connectivity index (χ3n) is 2.96. The SMILES string of the molecule is Clc1ccc(COc2ccccc2/C=N/n2cnnc2)cc1. The first-order valence-electron chi connectivity index (χ1n) is 6.66. The van der Waals surface area contributed by atoms with Crippen LogP contribution < -0.4 is 4.74 Å². The van der Waals surface area contributed by atoms with Crippen LogP contribution in [0.4, 0.5) is 0 Å². The Morgan fingerprint density at radius 2 is 1.77 bits per heavy atom. The topological polar surface area (TPSA) is 52.3 Å². The molecule has 0 saturated carbocycles. The first-order valence-corrected chi connectivity index (χ1v) is 7.04. The summed E-state index contributed by atoms with van der Waals surface area (Å²) in [7, 11) is 0. The summed E-state index contributed by atoms with van der Waals surface area (Å²) in [4.78, 5) is 0. The molecule has 0 fully saturated rings. The zero-order chi connectivity index (χ0) is 15.2. The second-order valence-electron chi connectivity index (χ2n) is 4.54. The zero-order valence-electron chi connectivity index (χ0n) is 11.6. The number of para-hydroxylation sites is 1. The largest absolute Gasteiger partial charge is 0.488 e. The summed E-state index contributed by atoms with van der Waals surface area (Å²) in [5.41, 5.74) is 1.93. The predicted molar refractivity (Wildman–Crippen MR) is 85.2 cm³/mol. The van der Waals surface area contributed by atoms with Crippen LogP contribution in [0, 0.1) is 0 Å². The summed E-state index contributed by atoms with van der Waals surface area (Å²) in [5, 5.41) is 12.3. The Balaban J connectivity index is 1.72. The van der Waals surface area contributed by atoms with E-state index in [0.717, 1.165) is 16.9 Å². The van der Waals surface area contributed by atoms with Crippen molar-refractivity contribution in [1.29, 1.82) is 0 Å². The maximum Gasteiger partial charge on any atom is 0.141 e. The molecule has 0 radical (unpaired) electrons. The zero-order valence-corrected chi connectivity index (χ0v) is 12.4. The van der Waals surface area contributed by atoms with Gasteiger partial charge >= 0.3 is 0 Å². The third kappa shape index (κ3) is 3.71. The number of hydrogen-bond acceptors (Lipinski definition) is 4. The van der Waals surface area contributed by atoms with Crippen molar-refractivity contribution in [2.75, 3.05) is 0 Å². The lowest BCUT2D eigenvalue weighted by Gasteiger charge is -2.09. The van der Waals surface area contributed by atoms with Crippen LogP contribution in [0.5, 0.6) is 5.75 Å². The molecule has 6 heteroatoms. The van der Waals surface area contributed by atoms with Gasteiger partial charge < -0.3 is 4.74 Å². The van der Waals surface area contributed by atoms with Crippen LogP contribution in [0.2, 0.25) is 5.02 Å². The predicted octanol–water partition coefficient (Wildman–Crippen LogP) is 3.39. The molecule has 3 rings (SSSR count). The molecule has 0 aliphatic carbocycles. The van der Waals surface area contributed by atoms with Crippen molar-refractivity contribution in [2.45, 2.75) is 6.61 Å². The minimum atomic E-state index is 0.467. The lowest BCUT2D eigenvalue weighted by atomic mass is 10.2. The molecule has 0 spiro atoms. The molecule has 0 saturated heterocycles. The van der Waals surface area contributed by atoms with Crippen molar-refractivity contribution in [3.8, 4) is 5.75 Å². The molecule has 110 valence electrons. The lowest BCUT2D eigenvalue weighted by molar-refractivity contribution is 0.306. The maximum absolute atomic E-state index is 5.87. The highest BCUT2D eigenvalue weighted by molar-refractivity contribution is 6.30. The smallest absolute Gasteiger partial charge is 0.141 e. The summed E-state index contributed by atoms with van der Waals surface area (Å²) >= 11 is 5.87. The van der Waals surface area contributed by atoms with E-state index < -0.39 is 0 Å². The molecule has 0 amide bonds. The molecule has 0 atom stereocenters. The highest BCUT2D eigenvalue weighted by atomic mass is 35.5. The molecular weight excluding hydrogens is 300 g/mol. The van der Waals surface area contributed by atoms with Gasteiger partial charge in [0.1, 0.15) is 25.0 Å². The normalized spacial score (nSPS) is 11.0. The summed E-state index contributed by atoms with van der Waals surface area (Å²) in [5.74, 6) is 0.759. The Morgan fingerprint density at radius 1 is 1.05 bits per heavy atom. The van der Waals surface area contributed by atoms with Crippen LogP contribution in [0.15, 0.2) is 66.3 Å². The van der Waals surface area contributed by atoms with Gasteiger partial charge in [-0.25, -0.2) is 4.68 Å². The molecule has 1 aromatic heterocycles. The van der Waals surface area contributed by atoms with Crippen molar-refractivity contribution in [3.63, 3.8) is 0 Å². The Hall–Kier alpha value is -2.66. The molecule has 22 heavy (non-hydrogen) atoms. The fourth-order valence-corrected chi connectivity index (χ4v) is 1.97. The second-order valence-corrected chi connectivity index (χ2v) is 4.98. The van der Waals surface area contributed by atoms with Gasteiger partial charge in [-0.05, 0) is 29.8 Å². The van der Waals surface area contributed by atoms with Gasteiger partial charge in [0.05, 0.1) is 6.21 Å². The van der Waals surface area contributed by atoms with E-state index in [4.69, 9.17) is 16.3 Å². The highest BCUT2D eigenvalue weighted by Gasteiger charge is 2.01. The van der Waals surface area contributed by atoms with E-state index in [9.17, 15) is 0 Å². The van der Waals surface area contributed by atoms with Gasteiger partial charge in [-0.2, -0.15) is 5.10 Å². The van der Waals surface area contributed by atoms with Gasteiger partial charge in [0, 0.05) is 10.6 Å². The Kier molecular flexibility index (Phi) is 4.46. The molecular formula is C16H13ClN4O. The molecule has 0 unspecified atom stereocenters. The van der Waals surface area contributed by atoms with Gasteiger partial charge in [0.2, 0.25) is 0 Å². The quantitative estimate of drug-likeness (QED) is 0.679. The van der Waals surface area contributed by atoms with E-state index in [1.165, 1.54) is 17.3 Å². The van der Waals surface area contributed by atoms with E-state index in [1.54, 1.807) is 6.21 Å². The molecule has 2 aromatic carbocycles. The van der Waals surface area contributed by atoms with Crippen molar-refractivity contribution >= 4 is 17.8 Å². The van der Waals surface area contributed by atoms with Crippen LogP contribution in [-0.2, 0) is 6.61 Å². The van der Waals surface area contributed by atoms with E-state index in [2.05, 4.69) is 15.3 Å². The van der Waals surface area contributed by atoms with Crippen LogP contribution in [-0.4, -0.2) is 21.1 Å². The van der Waals surface area contributed by atoms with Crippen molar-refractivity contribution < 1.29 is 4.74 Å². The monoisotopic (exact) mass is 312 g/mol. The average molecular weight is 313 g/mol. The molecule has 3 aromatic rings. The van der Waals surface area contributed by atoms with Gasteiger partial charge in [0.25, 0.3) is 0 Å². The van der Waals surface area contributed by atoms with E-state index in [1.807, 2.05) is 48.5 Å². The Bertz CT molecular complexity index is 754. The minimum Gasteiger partial charge on any atom is -0.488 e. The standard InChI is InChI=1S/C16H13ClN4O/c17-15-7-5-13(6-8-15)10-22-16-4-2-1-3-14(16)9-20-21-11-18-19-12-21/h1-9,11-12H,10H2/b20-9+. The maximum atomic E-state index is 5.87. The average Bonchev–Trinajstić information content (AvgIpc) is 3.07. The van der Waals surface area contributed by atoms with Gasteiger partial charge in [-0.1, -0.05) is 35.9 Å². The first kappa shape index (κ1) is 14.3. The van der Waals surface area contributed by atoms with Crippen molar-refractivity contribution in [3.05, 3.63) is 77.3 Å².